The summed E-state index contributed by atoms with van der Waals surface area (Å²) in [7, 11) is 0. The van der Waals surface area contributed by atoms with Crippen molar-refractivity contribution < 1.29 is 9.59 Å². The van der Waals surface area contributed by atoms with Gasteiger partial charge in [0, 0.05) is 23.5 Å². The summed E-state index contributed by atoms with van der Waals surface area (Å²) in [5, 5.41) is 4.89. The number of thiophene rings is 1. The third-order valence-electron chi connectivity index (χ3n) is 4.71. The molecule has 0 saturated heterocycles. The van der Waals surface area contributed by atoms with Gasteiger partial charge in [-0.15, -0.1) is 11.3 Å². The second-order valence-corrected chi connectivity index (χ2v) is 7.65. The van der Waals surface area contributed by atoms with Crippen molar-refractivity contribution >= 4 is 34.5 Å². The Morgan fingerprint density at radius 1 is 1.07 bits per heavy atom. The molecule has 0 unspecified atom stereocenters. The number of hydrogen-bond acceptors (Lipinski definition) is 3. The quantitative estimate of drug-likeness (QED) is 0.707. The molecule has 3 aromatic rings. The van der Waals surface area contributed by atoms with Gasteiger partial charge in [0.1, 0.15) is 0 Å². The van der Waals surface area contributed by atoms with Crippen LogP contribution < -0.4 is 10.2 Å². The van der Waals surface area contributed by atoms with Crippen LogP contribution in [0.2, 0.25) is 0 Å². The molecule has 0 atom stereocenters. The maximum absolute atomic E-state index is 12.8. The SMILES string of the molecule is Cc1cccc(C(=O)Nc2ccc3c(c2)CCCN3C(=O)c2cccs2)c1. The van der Waals surface area contributed by atoms with Gasteiger partial charge in [0.2, 0.25) is 0 Å². The zero-order valence-corrected chi connectivity index (χ0v) is 15.9. The minimum absolute atomic E-state index is 0.0440. The molecule has 4 rings (SSSR count). The van der Waals surface area contributed by atoms with Crippen LogP contribution in [0.25, 0.3) is 0 Å². The summed E-state index contributed by atoms with van der Waals surface area (Å²) < 4.78 is 0. The van der Waals surface area contributed by atoms with Gasteiger partial charge in [-0.05, 0) is 67.1 Å². The monoisotopic (exact) mass is 376 g/mol. The van der Waals surface area contributed by atoms with Gasteiger partial charge in [-0.2, -0.15) is 0 Å². The molecule has 2 heterocycles. The zero-order chi connectivity index (χ0) is 18.8. The van der Waals surface area contributed by atoms with Crippen LogP contribution in [0.1, 0.15) is 37.6 Å². The van der Waals surface area contributed by atoms with Crippen molar-refractivity contribution in [2.24, 2.45) is 0 Å². The van der Waals surface area contributed by atoms with Crippen LogP contribution >= 0.6 is 11.3 Å². The van der Waals surface area contributed by atoms with E-state index in [1.54, 1.807) is 0 Å². The molecule has 2 aromatic carbocycles. The lowest BCUT2D eigenvalue weighted by Gasteiger charge is -2.29. The molecule has 0 aliphatic carbocycles. The Hall–Kier alpha value is -2.92. The predicted molar refractivity (Wildman–Crippen MR) is 110 cm³/mol. The smallest absolute Gasteiger partial charge is 0.268 e. The molecule has 0 bridgehead atoms. The van der Waals surface area contributed by atoms with E-state index in [2.05, 4.69) is 5.32 Å². The number of aryl methyl sites for hydroxylation is 2. The molecule has 0 fully saturated rings. The molecule has 136 valence electrons. The largest absolute Gasteiger partial charge is 0.322 e. The van der Waals surface area contributed by atoms with Gasteiger partial charge in [0.15, 0.2) is 0 Å². The van der Waals surface area contributed by atoms with E-state index in [1.165, 1.54) is 11.3 Å². The van der Waals surface area contributed by atoms with Crippen molar-refractivity contribution in [3.05, 3.63) is 81.5 Å². The highest BCUT2D eigenvalue weighted by Gasteiger charge is 2.24. The Kier molecular flexibility index (Phi) is 4.77. The van der Waals surface area contributed by atoms with Crippen molar-refractivity contribution in [1.82, 2.24) is 0 Å². The number of nitrogens with one attached hydrogen (secondary N) is 1. The molecule has 1 aromatic heterocycles. The van der Waals surface area contributed by atoms with Gasteiger partial charge in [-0.1, -0.05) is 23.8 Å². The van der Waals surface area contributed by atoms with Crippen molar-refractivity contribution in [3.63, 3.8) is 0 Å². The second kappa shape index (κ2) is 7.37. The fraction of sp³-hybridized carbons (Fsp3) is 0.182. The van der Waals surface area contributed by atoms with Crippen LogP contribution in [0, 0.1) is 6.92 Å². The fourth-order valence-corrected chi connectivity index (χ4v) is 4.08. The number of amides is 2. The van der Waals surface area contributed by atoms with Crippen molar-refractivity contribution in [2.45, 2.75) is 19.8 Å². The van der Waals surface area contributed by atoms with Crippen molar-refractivity contribution in [3.8, 4) is 0 Å². The Balaban J connectivity index is 1.56. The van der Waals surface area contributed by atoms with E-state index >= 15 is 0 Å². The Bertz CT molecular complexity index is 995. The van der Waals surface area contributed by atoms with Crippen molar-refractivity contribution in [1.29, 1.82) is 0 Å². The molecule has 1 N–H and O–H groups in total. The van der Waals surface area contributed by atoms with E-state index in [4.69, 9.17) is 0 Å². The minimum atomic E-state index is -0.124. The van der Waals surface area contributed by atoms with Gasteiger partial charge < -0.3 is 10.2 Å². The van der Waals surface area contributed by atoms with Crippen LogP contribution in [-0.4, -0.2) is 18.4 Å². The summed E-state index contributed by atoms with van der Waals surface area (Å²) in [6.45, 7) is 2.69. The van der Waals surface area contributed by atoms with Crippen LogP contribution in [0.5, 0.6) is 0 Å². The zero-order valence-electron chi connectivity index (χ0n) is 15.1. The molecule has 4 nitrogen and oxygen atoms in total. The van der Waals surface area contributed by atoms with Crippen molar-refractivity contribution in [2.75, 3.05) is 16.8 Å². The maximum Gasteiger partial charge on any atom is 0.268 e. The Morgan fingerprint density at radius 2 is 1.96 bits per heavy atom. The van der Waals surface area contributed by atoms with E-state index in [0.29, 0.717) is 5.56 Å². The number of rotatable bonds is 3. The summed E-state index contributed by atoms with van der Waals surface area (Å²) in [4.78, 5) is 27.9. The highest BCUT2D eigenvalue weighted by Crippen LogP contribution is 2.31. The fourth-order valence-electron chi connectivity index (χ4n) is 3.41. The van der Waals surface area contributed by atoms with E-state index in [1.807, 2.05) is 71.8 Å². The molecule has 0 radical (unpaired) electrons. The lowest BCUT2D eigenvalue weighted by atomic mass is 10.0. The van der Waals surface area contributed by atoms with E-state index in [-0.39, 0.29) is 11.8 Å². The van der Waals surface area contributed by atoms with E-state index in [0.717, 1.165) is 46.8 Å². The first-order valence-corrected chi connectivity index (χ1v) is 9.86. The summed E-state index contributed by atoms with van der Waals surface area (Å²) >= 11 is 1.46. The Labute approximate surface area is 162 Å². The lowest BCUT2D eigenvalue weighted by molar-refractivity contribution is 0.0987. The number of carbonyl (C=O) groups is 2. The molecule has 0 saturated carbocycles. The van der Waals surface area contributed by atoms with E-state index < -0.39 is 0 Å². The van der Waals surface area contributed by atoms with Crippen LogP contribution in [-0.2, 0) is 6.42 Å². The molecule has 2 amide bonds. The highest BCUT2D eigenvalue weighted by atomic mass is 32.1. The van der Waals surface area contributed by atoms with Crippen LogP contribution in [0.3, 0.4) is 0 Å². The second-order valence-electron chi connectivity index (χ2n) is 6.70. The predicted octanol–water partition coefficient (Wildman–Crippen LogP) is 4.90. The van der Waals surface area contributed by atoms with Crippen LogP contribution in [0.4, 0.5) is 11.4 Å². The van der Waals surface area contributed by atoms with Gasteiger partial charge in [0.25, 0.3) is 11.8 Å². The average molecular weight is 376 g/mol. The van der Waals surface area contributed by atoms with Gasteiger partial charge in [-0.25, -0.2) is 0 Å². The van der Waals surface area contributed by atoms with Gasteiger partial charge in [-0.3, -0.25) is 9.59 Å². The minimum Gasteiger partial charge on any atom is -0.322 e. The normalized spacial score (nSPS) is 13.1. The molecular weight excluding hydrogens is 356 g/mol. The number of nitrogens with zero attached hydrogens (tertiary/aromatic N) is 1. The van der Waals surface area contributed by atoms with E-state index in [9.17, 15) is 9.59 Å². The summed E-state index contributed by atoms with van der Waals surface area (Å²) in [5.74, 6) is -0.0801. The summed E-state index contributed by atoms with van der Waals surface area (Å²) in [6, 6.07) is 17.1. The van der Waals surface area contributed by atoms with Gasteiger partial charge >= 0.3 is 0 Å². The standard InChI is InChI=1S/C22H20N2O2S/c1-15-5-2-6-17(13-15)21(25)23-18-9-10-19-16(14-18)7-3-11-24(19)22(26)20-8-4-12-27-20/h2,4-6,8-10,12-14H,3,7,11H2,1H3,(H,23,25). The Morgan fingerprint density at radius 3 is 2.74 bits per heavy atom. The first-order valence-electron chi connectivity index (χ1n) is 8.98. The molecule has 5 heteroatoms. The molecule has 1 aliphatic heterocycles. The van der Waals surface area contributed by atoms with Gasteiger partial charge in [0.05, 0.1) is 4.88 Å². The number of hydrogen-bond donors (Lipinski definition) is 1. The molecule has 1 aliphatic rings. The molecular formula is C22H20N2O2S. The van der Waals surface area contributed by atoms with Crippen LogP contribution in [0.15, 0.2) is 60.0 Å². The number of carbonyl (C=O) groups excluding carboxylic acids is 2. The first kappa shape index (κ1) is 17.5. The first-order chi connectivity index (χ1) is 13.1. The topological polar surface area (TPSA) is 49.4 Å². The molecule has 0 spiro atoms. The average Bonchev–Trinajstić information content (AvgIpc) is 3.21. The third kappa shape index (κ3) is 3.64. The summed E-state index contributed by atoms with van der Waals surface area (Å²) in [6.07, 6.45) is 1.82. The number of fused-ring (bicyclic) bond motifs is 1. The number of anilines is 2. The lowest BCUT2D eigenvalue weighted by Crippen LogP contribution is -2.35. The molecule has 27 heavy (non-hydrogen) atoms. The third-order valence-corrected chi connectivity index (χ3v) is 5.57. The summed E-state index contributed by atoms with van der Waals surface area (Å²) in [5.41, 5.74) is 4.48. The highest BCUT2D eigenvalue weighted by molar-refractivity contribution is 7.12. The maximum atomic E-state index is 12.8. The number of benzene rings is 2.